The zero-order chi connectivity index (χ0) is 21.7. The molecule has 0 aliphatic carbocycles. The summed E-state index contributed by atoms with van der Waals surface area (Å²) in [7, 11) is 1.69. The van der Waals surface area contributed by atoms with Crippen molar-refractivity contribution >= 4 is 39.8 Å². The average Bonchev–Trinajstić information content (AvgIpc) is 3.29. The first-order valence-corrected chi connectivity index (χ1v) is 10.4. The number of carbonyl (C=O) groups is 1. The molecule has 2 heterocycles. The third-order valence-corrected chi connectivity index (χ3v) is 5.64. The van der Waals surface area contributed by atoms with Crippen LogP contribution in [0.4, 0.5) is 24.0 Å². The summed E-state index contributed by atoms with van der Waals surface area (Å²) in [5.74, 6) is 1.29. The first kappa shape index (κ1) is 22.0. The lowest BCUT2D eigenvalue weighted by Crippen LogP contribution is -2.27. The van der Waals surface area contributed by atoms with Gasteiger partial charge in [-0.3, -0.25) is 4.79 Å². The number of nitrogens with one attached hydrogen (secondary N) is 1. The molecule has 0 saturated carbocycles. The van der Waals surface area contributed by atoms with Gasteiger partial charge in [0.15, 0.2) is 4.34 Å². The minimum Gasteiger partial charge on any atom is -0.464 e. The first-order valence-electron chi connectivity index (χ1n) is 8.56. The van der Waals surface area contributed by atoms with Crippen molar-refractivity contribution in [3.8, 4) is 5.75 Å². The summed E-state index contributed by atoms with van der Waals surface area (Å²) in [6.07, 6.45) is -4.73. The molecule has 30 heavy (non-hydrogen) atoms. The number of halogens is 3. The number of aromatic nitrogens is 2. The van der Waals surface area contributed by atoms with E-state index < -0.39 is 6.36 Å². The second-order valence-electron chi connectivity index (χ2n) is 6.12. The van der Waals surface area contributed by atoms with Crippen molar-refractivity contribution in [2.75, 3.05) is 18.1 Å². The Kier molecular flexibility index (Phi) is 6.87. The lowest BCUT2D eigenvalue weighted by molar-refractivity contribution is -0.274. The maximum Gasteiger partial charge on any atom is 0.573 e. The summed E-state index contributed by atoms with van der Waals surface area (Å²) in [4.78, 5) is 13.8. The normalized spacial score (nSPS) is 11.4. The minimum atomic E-state index is -4.73. The number of ether oxygens (including phenoxy) is 1. The van der Waals surface area contributed by atoms with E-state index in [0.29, 0.717) is 27.5 Å². The number of rotatable bonds is 8. The van der Waals surface area contributed by atoms with Crippen LogP contribution < -0.4 is 10.1 Å². The van der Waals surface area contributed by atoms with Gasteiger partial charge in [-0.1, -0.05) is 23.1 Å². The van der Waals surface area contributed by atoms with Crippen LogP contribution in [0, 0.1) is 6.92 Å². The summed E-state index contributed by atoms with van der Waals surface area (Å²) in [5, 5.41) is 11.4. The number of amides is 1. The van der Waals surface area contributed by atoms with Gasteiger partial charge in [-0.15, -0.1) is 23.4 Å². The molecule has 0 bridgehead atoms. The quantitative estimate of drug-likeness (QED) is 0.484. The maximum absolute atomic E-state index is 12.3. The Bertz CT molecular complexity index is 989. The lowest BCUT2D eigenvalue weighted by atomic mass is 10.3. The lowest BCUT2D eigenvalue weighted by Gasteiger charge is -2.14. The number of hydrogen-bond acceptors (Lipinski definition) is 8. The molecular formula is C18H17F3N4O3S2. The van der Waals surface area contributed by atoms with Crippen LogP contribution in [0.25, 0.3) is 0 Å². The van der Waals surface area contributed by atoms with Crippen LogP contribution in [0.2, 0.25) is 0 Å². The van der Waals surface area contributed by atoms with Crippen molar-refractivity contribution in [1.82, 2.24) is 15.1 Å². The average molecular weight is 458 g/mol. The zero-order valence-corrected chi connectivity index (χ0v) is 17.5. The Morgan fingerprint density at radius 2 is 1.97 bits per heavy atom. The molecule has 160 valence electrons. The molecule has 0 fully saturated rings. The van der Waals surface area contributed by atoms with E-state index in [9.17, 15) is 18.0 Å². The number of thioether (sulfide) groups is 1. The van der Waals surface area contributed by atoms with Crippen LogP contribution >= 0.6 is 23.1 Å². The monoisotopic (exact) mass is 458 g/mol. The fourth-order valence-corrected chi connectivity index (χ4v) is 4.02. The van der Waals surface area contributed by atoms with E-state index in [2.05, 4.69) is 20.3 Å². The topological polar surface area (TPSA) is 80.5 Å². The van der Waals surface area contributed by atoms with E-state index >= 15 is 0 Å². The van der Waals surface area contributed by atoms with Crippen molar-refractivity contribution in [3.63, 3.8) is 0 Å². The highest BCUT2D eigenvalue weighted by Gasteiger charge is 2.30. The molecular weight excluding hydrogens is 441 g/mol. The zero-order valence-electron chi connectivity index (χ0n) is 15.9. The fraction of sp³-hybridized carbons (Fsp3) is 0.278. The van der Waals surface area contributed by atoms with Crippen molar-refractivity contribution in [2.24, 2.45) is 0 Å². The first-order chi connectivity index (χ1) is 14.2. The second-order valence-corrected chi connectivity index (χ2v) is 8.32. The molecule has 0 atom stereocenters. The Hall–Kier alpha value is -2.73. The molecule has 12 heteroatoms. The summed E-state index contributed by atoms with van der Waals surface area (Å²) < 4.78 is 46.5. The van der Waals surface area contributed by atoms with Crippen LogP contribution in [0.3, 0.4) is 0 Å². The van der Waals surface area contributed by atoms with Crippen LogP contribution in [0.5, 0.6) is 5.75 Å². The molecule has 0 spiro atoms. The highest BCUT2D eigenvalue weighted by Crippen LogP contribution is 2.29. The van der Waals surface area contributed by atoms with Gasteiger partial charge >= 0.3 is 6.36 Å². The Morgan fingerprint density at radius 3 is 2.60 bits per heavy atom. The number of nitrogens with zero attached hydrogens (tertiary/aromatic N) is 3. The third-order valence-electron chi connectivity index (χ3n) is 3.68. The van der Waals surface area contributed by atoms with E-state index in [0.717, 1.165) is 5.76 Å². The highest BCUT2D eigenvalue weighted by molar-refractivity contribution is 8.01. The molecule has 0 radical (unpaired) electrons. The van der Waals surface area contributed by atoms with Crippen molar-refractivity contribution in [2.45, 2.75) is 24.2 Å². The molecule has 1 amide bonds. The summed E-state index contributed by atoms with van der Waals surface area (Å²) >= 11 is 2.48. The second kappa shape index (κ2) is 9.39. The largest absolute Gasteiger partial charge is 0.573 e. The van der Waals surface area contributed by atoms with Gasteiger partial charge in [-0.05, 0) is 43.3 Å². The van der Waals surface area contributed by atoms with Crippen molar-refractivity contribution in [3.05, 3.63) is 47.9 Å². The number of furan rings is 1. The predicted octanol–water partition coefficient (Wildman–Crippen LogP) is 4.83. The Labute approximate surface area is 178 Å². The number of aryl methyl sites for hydroxylation is 1. The maximum atomic E-state index is 12.3. The van der Waals surface area contributed by atoms with Crippen LogP contribution in [-0.2, 0) is 11.3 Å². The minimum absolute atomic E-state index is 0.0842. The molecule has 1 N–H and O–H groups in total. The van der Waals surface area contributed by atoms with Gasteiger partial charge in [0.1, 0.15) is 17.3 Å². The van der Waals surface area contributed by atoms with E-state index in [1.807, 2.05) is 19.1 Å². The number of carbonyl (C=O) groups excluding carboxylic acids is 1. The van der Waals surface area contributed by atoms with E-state index in [4.69, 9.17) is 4.42 Å². The summed E-state index contributed by atoms with van der Waals surface area (Å²) in [6.45, 7) is 2.22. The summed E-state index contributed by atoms with van der Waals surface area (Å²) in [6, 6.07) is 8.93. The molecule has 0 saturated heterocycles. The van der Waals surface area contributed by atoms with Crippen molar-refractivity contribution in [1.29, 1.82) is 0 Å². The van der Waals surface area contributed by atoms with Gasteiger partial charge < -0.3 is 19.4 Å². The number of alkyl halides is 3. The van der Waals surface area contributed by atoms with Crippen LogP contribution in [0.15, 0.2) is 45.2 Å². The number of anilines is 2. The Morgan fingerprint density at radius 1 is 1.23 bits per heavy atom. The van der Waals surface area contributed by atoms with Gasteiger partial charge in [0.05, 0.1) is 12.3 Å². The van der Waals surface area contributed by atoms with Gasteiger partial charge in [-0.2, -0.15) is 0 Å². The van der Waals surface area contributed by atoms with E-state index in [1.165, 1.54) is 47.4 Å². The van der Waals surface area contributed by atoms with Crippen LogP contribution in [-0.4, -0.2) is 40.2 Å². The van der Waals surface area contributed by atoms with Gasteiger partial charge in [0.25, 0.3) is 0 Å². The molecule has 0 aliphatic rings. The standard InChI is InChI=1S/C18H17F3N4O3S2/c1-11-3-6-14(27-11)9-25(2)15(26)10-29-17-24-23-16(30-17)22-12-4-7-13(8-5-12)28-18(19,20)21/h3-8H,9-10H2,1-2H3,(H,22,23). The molecule has 1 aromatic carbocycles. The van der Waals surface area contributed by atoms with E-state index in [-0.39, 0.29) is 17.4 Å². The number of benzene rings is 1. The molecule has 7 nitrogen and oxygen atoms in total. The molecule has 2 aromatic heterocycles. The van der Waals surface area contributed by atoms with Gasteiger partial charge in [0, 0.05) is 12.7 Å². The SMILES string of the molecule is Cc1ccc(CN(C)C(=O)CSc2nnc(Nc3ccc(OC(F)(F)F)cc3)s2)o1. The molecule has 0 aliphatic heterocycles. The third kappa shape index (κ3) is 6.66. The summed E-state index contributed by atoms with van der Waals surface area (Å²) in [5.41, 5.74) is 0.529. The molecule has 3 aromatic rings. The van der Waals surface area contributed by atoms with Gasteiger partial charge in [0.2, 0.25) is 11.0 Å². The number of hydrogen-bond donors (Lipinski definition) is 1. The highest BCUT2D eigenvalue weighted by atomic mass is 32.2. The predicted molar refractivity (Wildman–Crippen MR) is 107 cm³/mol. The van der Waals surface area contributed by atoms with Crippen molar-refractivity contribution < 1.29 is 27.1 Å². The molecule has 0 unspecified atom stereocenters. The van der Waals surface area contributed by atoms with E-state index in [1.54, 1.807) is 11.9 Å². The fourth-order valence-electron chi connectivity index (χ4n) is 2.31. The smallest absolute Gasteiger partial charge is 0.464 e. The van der Waals surface area contributed by atoms with Crippen LogP contribution in [0.1, 0.15) is 11.5 Å². The Balaban J connectivity index is 1.48. The molecule has 3 rings (SSSR count). The van der Waals surface area contributed by atoms with Gasteiger partial charge in [-0.25, -0.2) is 0 Å².